The average Bonchev–Trinajstić information content (AvgIpc) is 2.65. The maximum absolute atomic E-state index is 11.4. The summed E-state index contributed by atoms with van der Waals surface area (Å²) in [5.74, 6) is 0.979. The summed E-state index contributed by atoms with van der Waals surface area (Å²) < 4.78 is 4.74. The molecule has 0 aromatic carbocycles. The Kier molecular flexibility index (Phi) is 4.38. The topological polar surface area (TPSA) is 42.9 Å². The lowest BCUT2D eigenvalue weighted by Crippen LogP contribution is -2.11. The molecule has 0 aliphatic rings. The van der Waals surface area contributed by atoms with Crippen LogP contribution in [0, 0.1) is 5.92 Å². The minimum absolute atomic E-state index is 0.167. The maximum atomic E-state index is 11.4. The second-order valence-electron chi connectivity index (χ2n) is 2.77. The monoisotopic (exact) mass is 216 g/mol. The molecule has 0 saturated heterocycles. The molecule has 0 aliphatic heterocycles. The number of Topliss-reactive ketones (excluding diaryl/α,β-unsaturated/α-hetero) is 1. The molecule has 0 spiro atoms. The van der Waals surface area contributed by atoms with Crippen LogP contribution in [0.25, 0.3) is 0 Å². The Balaban J connectivity index is 2.31. The molecule has 0 saturated carbocycles. The van der Waals surface area contributed by atoms with E-state index < -0.39 is 0 Å². The van der Waals surface area contributed by atoms with Gasteiger partial charge in [-0.15, -0.1) is 0 Å². The molecule has 1 rings (SSSR count). The van der Waals surface area contributed by atoms with Gasteiger partial charge in [-0.3, -0.25) is 4.79 Å². The lowest BCUT2D eigenvalue weighted by molar-refractivity contribution is -0.119. The van der Waals surface area contributed by atoms with Gasteiger partial charge < -0.3 is 0 Å². The smallest absolute Gasteiger partial charge is 0.170 e. The predicted octanol–water partition coefficient (Wildman–Crippen LogP) is 2.25. The first kappa shape index (κ1) is 10.7. The van der Waals surface area contributed by atoms with Gasteiger partial charge in [-0.25, -0.2) is 4.98 Å². The van der Waals surface area contributed by atoms with Crippen molar-refractivity contribution < 1.29 is 4.79 Å². The molecule has 0 fully saturated rings. The Hall–Kier alpha value is -0.420. The fraction of sp³-hybridized carbons (Fsp3) is 0.625. The van der Waals surface area contributed by atoms with Crippen LogP contribution in [-0.4, -0.2) is 20.9 Å². The van der Waals surface area contributed by atoms with Gasteiger partial charge in [-0.1, -0.05) is 25.6 Å². The molecule has 0 aliphatic carbocycles. The van der Waals surface area contributed by atoms with Gasteiger partial charge in [-0.2, -0.15) is 4.37 Å². The van der Waals surface area contributed by atoms with E-state index in [2.05, 4.69) is 9.36 Å². The second-order valence-corrected chi connectivity index (χ2v) is 4.77. The van der Waals surface area contributed by atoms with E-state index in [1.54, 1.807) is 0 Å². The van der Waals surface area contributed by atoms with Gasteiger partial charge in [0.1, 0.15) is 12.1 Å². The SMILES string of the molecule is CCC(C)C(=O)CSc1ncns1. The standard InChI is InChI=1S/C8H12N2OS2/c1-3-6(2)7(11)4-12-8-9-5-10-13-8/h5-6H,3-4H2,1-2H3. The molecule has 1 unspecified atom stereocenters. The highest BCUT2D eigenvalue weighted by molar-refractivity contribution is 8.01. The van der Waals surface area contributed by atoms with Crippen molar-refractivity contribution >= 4 is 29.1 Å². The molecule has 1 aromatic rings. The number of thioether (sulfide) groups is 1. The maximum Gasteiger partial charge on any atom is 0.170 e. The van der Waals surface area contributed by atoms with Crippen LogP contribution in [0.1, 0.15) is 20.3 Å². The number of rotatable bonds is 5. The lowest BCUT2D eigenvalue weighted by atomic mass is 10.1. The number of hydrogen-bond donors (Lipinski definition) is 0. The Labute approximate surface area is 86.1 Å². The first-order valence-electron chi connectivity index (χ1n) is 4.16. The van der Waals surface area contributed by atoms with Crippen molar-refractivity contribution in [2.24, 2.45) is 5.92 Å². The molecular weight excluding hydrogens is 204 g/mol. The number of hydrogen-bond acceptors (Lipinski definition) is 5. The third kappa shape index (κ3) is 3.44. The van der Waals surface area contributed by atoms with Gasteiger partial charge in [0.05, 0.1) is 5.75 Å². The molecule has 3 nitrogen and oxygen atoms in total. The van der Waals surface area contributed by atoms with Crippen LogP contribution in [0.3, 0.4) is 0 Å². The summed E-state index contributed by atoms with van der Waals surface area (Å²) in [5, 5.41) is 0. The van der Waals surface area contributed by atoms with E-state index in [-0.39, 0.29) is 5.92 Å². The number of carbonyl (C=O) groups is 1. The third-order valence-electron chi connectivity index (χ3n) is 1.84. The van der Waals surface area contributed by atoms with Crippen LogP contribution in [0.2, 0.25) is 0 Å². The van der Waals surface area contributed by atoms with Crippen LogP contribution in [0.15, 0.2) is 10.7 Å². The highest BCUT2D eigenvalue weighted by Crippen LogP contribution is 2.19. The van der Waals surface area contributed by atoms with Crippen LogP contribution in [0.4, 0.5) is 0 Å². The van der Waals surface area contributed by atoms with E-state index in [4.69, 9.17) is 0 Å². The zero-order valence-electron chi connectivity index (χ0n) is 7.69. The molecule has 72 valence electrons. The molecule has 0 amide bonds. The largest absolute Gasteiger partial charge is 0.298 e. The molecule has 1 aromatic heterocycles. The summed E-state index contributed by atoms with van der Waals surface area (Å²) in [6, 6.07) is 0. The summed E-state index contributed by atoms with van der Waals surface area (Å²) in [7, 11) is 0. The number of ketones is 1. The van der Waals surface area contributed by atoms with Gasteiger partial charge in [0.15, 0.2) is 4.34 Å². The van der Waals surface area contributed by atoms with Crippen LogP contribution in [0.5, 0.6) is 0 Å². The predicted molar refractivity (Wildman–Crippen MR) is 55.1 cm³/mol. The minimum atomic E-state index is 0.167. The summed E-state index contributed by atoms with van der Waals surface area (Å²) in [6.07, 6.45) is 2.43. The molecule has 1 atom stereocenters. The van der Waals surface area contributed by atoms with E-state index in [0.717, 1.165) is 10.8 Å². The Morgan fingerprint density at radius 3 is 3.08 bits per heavy atom. The van der Waals surface area contributed by atoms with Crippen molar-refractivity contribution in [1.82, 2.24) is 9.36 Å². The van der Waals surface area contributed by atoms with Gasteiger partial charge in [0.2, 0.25) is 0 Å². The van der Waals surface area contributed by atoms with E-state index in [0.29, 0.717) is 11.5 Å². The molecule has 0 radical (unpaired) electrons. The van der Waals surface area contributed by atoms with Gasteiger partial charge in [0.25, 0.3) is 0 Å². The Bertz CT molecular complexity index is 261. The first-order chi connectivity index (χ1) is 6.24. The molecule has 0 N–H and O–H groups in total. The van der Waals surface area contributed by atoms with Crippen molar-refractivity contribution in [1.29, 1.82) is 0 Å². The minimum Gasteiger partial charge on any atom is -0.298 e. The zero-order valence-corrected chi connectivity index (χ0v) is 9.32. The van der Waals surface area contributed by atoms with Gasteiger partial charge in [0, 0.05) is 5.92 Å². The molecule has 0 bridgehead atoms. The Morgan fingerprint density at radius 1 is 1.77 bits per heavy atom. The first-order valence-corrected chi connectivity index (χ1v) is 5.92. The summed E-state index contributed by atoms with van der Waals surface area (Å²) in [5.41, 5.74) is 0. The fourth-order valence-electron chi connectivity index (χ4n) is 0.729. The lowest BCUT2D eigenvalue weighted by Gasteiger charge is -2.04. The highest BCUT2D eigenvalue weighted by Gasteiger charge is 2.11. The third-order valence-corrected chi connectivity index (χ3v) is 3.66. The molecule has 13 heavy (non-hydrogen) atoms. The van der Waals surface area contributed by atoms with E-state index in [1.165, 1.54) is 29.6 Å². The normalized spacial score (nSPS) is 12.8. The van der Waals surface area contributed by atoms with Gasteiger partial charge >= 0.3 is 0 Å². The highest BCUT2D eigenvalue weighted by atomic mass is 32.2. The van der Waals surface area contributed by atoms with Crippen molar-refractivity contribution in [2.75, 3.05) is 5.75 Å². The average molecular weight is 216 g/mol. The molecule has 1 heterocycles. The Morgan fingerprint density at radius 2 is 2.54 bits per heavy atom. The van der Waals surface area contributed by atoms with Crippen molar-refractivity contribution in [2.45, 2.75) is 24.6 Å². The van der Waals surface area contributed by atoms with E-state index >= 15 is 0 Å². The number of carbonyl (C=O) groups excluding carboxylic acids is 1. The van der Waals surface area contributed by atoms with E-state index in [9.17, 15) is 4.79 Å². The van der Waals surface area contributed by atoms with Crippen molar-refractivity contribution in [3.8, 4) is 0 Å². The van der Waals surface area contributed by atoms with E-state index in [1.807, 2.05) is 13.8 Å². The van der Waals surface area contributed by atoms with Crippen LogP contribution >= 0.6 is 23.3 Å². The summed E-state index contributed by atoms with van der Waals surface area (Å²) >= 11 is 2.81. The van der Waals surface area contributed by atoms with Crippen LogP contribution in [-0.2, 0) is 4.79 Å². The van der Waals surface area contributed by atoms with Crippen LogP contribution < -0.4 is 0 Å². The van der Waals surface area contributed by atoms with Crippen molar-refractivity contribution in [3.05, 3.63) is 6.33 Å². The molecule has 5 heteroatoms. The summed E-state index contributed by atoms with van der Waals surface area (Å²) in [6.45, 7) is 3.99. The number of nitrogens with zero attached hydrogens (tertiary/aromatic N) is 2. The van der Waals surface area contributed by atoms with Gasteiger partial charge in [-0.05, 0) is 18.0 Å². The zero-order chi connectivity index (χ0) is 9.68. The fourth-order valence-corrected chi connectivity index (χ4v) is 2.20. The number of aromatic nitrogens is 2. The van der Waals surface area contributed by atoms with Crippen molar-refractivity contribution in [3.63, 3.8) is 0 Å². The molecular formula is C8H12N2OS2. The second kappa shape index (κ2) is 5.34. The quantitative estimate of drug-likeness (QED) is 0.708. The summed E-state index contributed by atoms with van der Waals surface area (Å²) in [4.78, 5) is 15.4.